The molecule has 0 spiro atoms. The Labute approximate surface area is 155 Å². The summed E-state index contributed by atoms with van der Waals surface area (Å²) < 4.78 is 26.0. The summed E-state index contributed by atoms with van der Waals surface area (Å²) in [6.07, 6.45) is 2.13. The van der Waals surface area contributed by atoms with Gasteiger partial charge in [0.15, 0.2) is 0 Å². The first-order chi connectivity index (χ1) is 12.0. The molecule has 0 aromatic heterocycles. The second-order valence-electron chi connectivity index (χ2n) is 7.08. The highest BCUT2D eigenvalue weighted by atomic mass is 32.2. The van der Waals surface area contributed by atoms with E-state index in [9.17, 15) is 18.0 Å². The largest absolute Gasteiger partial charge is 0.369 e. The van der Waals surface area contributed by atoms with Crippen LogP contribution in [-0.4, -0.2) is 50.5 Å². The van der Waals surface area contributed by atoms with Gasteiger partial charge in [0.1, 0.15) is 6.04 Å². The summed E-state index contributed by atoms with van der Waals surface area (Å²) in [4.78, 5) is 25.8. The molecule has 26 heavy (non-hydrogen) atoms. The van der Waals surface area contributed by atoms with Crippen LogP contribution < -0.4 is 10.0 Å². The summed E-state index contributed by atoms with van der Waals surface area (Å²) in [6.45, 7) is 6.18. The summed E-state index contributed by atoms with van der Waals surface area (Å²) >= 11 is 0. The molecule has 1 heterocycles. The van der Waals surface area contributed by atoms with Gasteiger partial charge in [-0.2, -0.15) is 0 Å². The van der Waals surface area contributed by atoms with Gasteiger partial charge in [-0.05, 0) is 56.9 Å². The van der Waals surface area contributed by atoms with Crippen molar-refractivity contribution in [2.45, 2.75) is 39.7 Å². The van der Waals surface area contributed by atoms with Crippen molar-refractivity contribution in [2.24, 2.45) is 11.7 Å². The van der Waals surface area contributed by atoms with E-state index in [0.717, 1.165) is 17.4 Å². The average Bonchev–Trinajstić information content (AvgIpc) is 2.52. The Kier molecular flexibility index (Phi) is 5.95. The number of aryl methyl sites for hydroxylation is 2. The Balaban J connectivity index is 2.26. The predicted octanol–water partition coefficient (Wildman–Crippen LogP) is 1.18. The molecule has 2 N–H and O–H groups in total. The minimum atomic E-state index is -3.65. The van der Waals surface area contributed by atoms with Gasteiger partial charge < -0.3 is 10.6 Å². The van der Waals surface area contributed by atoms with Crippen molar-refractivity contribution < 1.29 is 18.0 Å². The van der Waals surface area contributed by atoms with E-state index >= 15 is 0 Å². The molecule has 0 saturated carbocycles. The lowest BCUT2D eigenvalue weighted by Crippen LogP contribution is -2.52. The first-order valence-corrected chi connectivity index (χ1v) is 10.5. The molecule has 1 aromatic rings. The van der Waals surface area contributed by atoms with Crippen LogP contribution in [0.5, 0.6) is 0 Å². The highest BCUT2D eigenvalue weighted by molar-refractivity contribution is 7.92. The van der Waals surface area contributed by atoms with E-state index in [1.807, 2.05) is 19.9 Å². The number of primary amides is 1. The van der Waals surface area contributed by atoms with Crippen LogP contribution in [0.15, 0.2) is 18.2 Å². The standard InChI is InChI=1S/C18H27N3O4S/c1-12-9-13(2)11-16(10-12)21(26(4,24)25)14(3)18(23)20-7-5-15(6-8-20)17(19)22/h9-11,14-15H,5-8H2,1-4H3,(H2,19,22)/t14-/m1/s1. The number of benzene rings is 1. The minimum absolute atomic E-state index is 0.222. The molecule has 1 aliphatic rings. The van der Waals surface area contributed by atoms with Crippen molar-refractivity contribution in [3.05, 3.63) is 29.3 Å². The maximum Gasteiger partial charge on any atom is 0.246 e. The Morgan fingerprint density at radius 3 is 2.08 bits per heavy atom. The molecule has 2 rings (SSSR count). The maximum atomic E-state index is 12.9. The van der Waals surface area contributed by atoms with E-state index in [2.05, 4.69) is 0 Å². The number of piperidine rings is 1. The van der Waals surface area contributed by atoms with Crippen LogP contribution in [0.2, 0.25) is 0 Å². The van der Waals surface area contributed by atoms with Gasteiger partial charge in [-0.15, -0.1) is 0 Å². The van der Waals surface area contributed by atoms with Gasteiger partial charge in [-0.25, -0.2) is 8.42 Å². The fourth-order valence-corrected chi connectivity index (χ4v) is 4.68. The predicted molar refractivity (Wildman–Crippen MR) is 101 cm³/mol. The van der Waals surface area contributed by atoms with E-state index in [0.29, 0.717) is 31.6 Å². The highest BCUT2D eigenvalue weighted by Gasteiger charge is 2.34. The number of likely N-dealkylation sites (tertiary alicyclic amines) is 1. The van der Waals surface area contributed by atoms with E-state index in [-0.39, 0.29) is 17.7 Å². The van der Waals surface area contributed by atoms with Gasteiger partial charge in [0.25, 0.3) is 0 Å². The molecule has 144 valence electrons. The Hall–Kier alpha value is -2.09. The molecule has 1 aliphatic heterocycles. The number of rotatable bonds is 5. The van der Waals surface area contributed by atoms with Crippen molar-refractivity contribution in [3.63, 3.8) is 0 Å². The van der Waals surface area contributed by atoms with Gasteiger partial charge >= 0.3 is 0 Å². The Morgan fingerprint density at radius 2 is 1.65 bits per heavy atom. The summed E-state index contributed by atoms with van der Waals surface area (Å²) in [5.74, 6) is -0.838. The highest BCUT2D eigenvalue weighted by Crippen LogP contribution is 2.26. The zero-order valence-corrected chi connectivity index (χ0v) is 16.5. The van der Waals surface area contributed by atoms with Crippen LogP contribution >= 0.6 is 0 Å². The van der Waals surface area contributed by atoms with Crippen LogP contribution in [-0.2, 0) is 19.6 Å². The normalized spacial score (nSPS) is 17.0. The lowest BCUT2D eigenvalue weighted by molar-refractivity contribution is -0.135. The molecule has 7 nitrogen and oxygen atoms in total. The number of hydrogen-bond acceptors (Lipinski definition) is 4. The van der Waals surface area contributed by atoms with Crippen molar-refractivity contribution in [1.29, 1.82) is 0 Å². The number of carbonyl (C=O) groups excluding carboxylic acids is 2. The average molecular weight is 381 g/mol. The smallest absolute Gasteiger partial charge is 0.246 e. The van der Waals surface area contributed by atoms with Gasteiger partial charge in [0.2, 0.25) is 21.8 Å². The molecule has 2 amide bonds. The second-order valence-corrected chi connectivity index (χ2v) is 8.94. The van der Waals surface area contributed by atoms with Crippen LogP contribution in [0.3, 0.4) is 0 Å². The molecule has 8 heteroatoms. The number of sulfonamides is 1. The van der Waals surface area contributed by atoms with E-state index in [1.165, 1.54) is 4.31 Å². The fourth-order valence-electron chi connectivity index (χ4n) is 3.53. The summed E-state index contributed by atoms with van der Waals surface area (Å²) in [5, 5.41) is 0. The van der Waals surface area contributed by atoms with Crippen molar-refractivity contribution in [3.8, 4) is 0 Å². The van der Waals surface area contributed by atoms with Crippen molar-refractivity contribution >= 4 is 27.5 Å². The molecular formula is C18H27N3O4S. The van der Waals surface area contributed by atoms with Crippen LogP contribution in [0.1, 0.15) is 30.9 Å². The third kappa shape index (κ3) is 4.55. The van der Waals surface area contributed by atoms with E-state index in [1.54, 1.807) is 24.0 Å². The topological polar surface area (TPSA) is 101 Å². The van der Waals surface area contributed by atoms with Crippen molar-refractivity contribution in [2.75, 3.05) is 23.7 Å². The molecular weight excluding hydrogens is 354 g/mol. The zero-order chi connectivity index (χ0) is 19.6. The number of amides is 2. The van der Waals surface area contributed by atoms with Crippen molar-refractivity contribution in [1.82, 2.24) is 4.90 Å². The lowest BCUT2D eigenvalue weighted by Gasteiger charge is -2.36. The van der Waals surface area contributed by atoms with Crippen LogP contribution in [0.4, 0.5) is 5.69 Å². The molecule has 0 unspecified atom stereocenters. The zero-order valence-electron chi connectivity index (χ0n) is 15.7. The lowest BCUT2D eigenvalue weighted by atomic mass is 9.96. The molecule has 0 radical (unpaired) electrons. The first kappa shape index (κ1) is 20.2. The fraction of sp³-hybridized carbons (Fsp3) is 0.556. The van der Waals surface area contributed by atoms with Crippen LogP contribution in [0.25, 0.3) is 0 Å². The van der Waals surface area contributed by atoms with E-state index in [4.69, 9.17) is 5.73 Å². The molecule has 1 aromatic carbocycles. The third-order valence-electron chi connectivity index (χ3n) is 4.74. The Morgan fingerprint density at radius 1 is 1.15 bits per heavy atom. The number of carbonyl (C=O) groups is 2. The second kappa shape index (κ2) is 7.65. The molecule has 1 saturated heterocycles. The van der Waals surface area contributed by atoms with Gasteiger partial charge in [0.05, 0.1) is 11.9 Å². The summed E-state index contributed by atoms with van der Waals surface area (Å²) in [5.41, 5.74) is 7.67. The minimum Gasteiger partial charge on any atom is -0.369 e. The number of nitrogens with two attached hydrogens (primary N) is 1. The quantitative estimate of drug-likeness (QED) is 0.827. The molecule has 1 fully saturated rings. The Bertz CT molecular complexity index is 778. The monoisotopic (exact) mass is 381 g/mol. The summed E-state index contributed by atoms with van der Waals surface area (Å²) in [6, 6.07) is 4.61. The number of hydrogen-bond donors (Lipinski definition) is 1. The van der Waals surface area contributed by atoms with E-state index < -0.39 is 16.1 Å². The number of nitrogens with zero attached hydrogens (tertiary/aromatic N) is 2. The van der Waals surface area contributed by atoms with Gasteiger partial charge in [0, 0.05) is 19.0 Å². The maximum absolute atomic E-state index is 12.9. The third-order valence-corrected chi connectivity index (χ3v) is 5.98. The molecule has 0 bridgehead atoms. The van der Waals surface area contributed by atoms with Gasteiger partial charge in [-0.1, -0.05) is 6.07 Å². The molecule has 1 atom stereocenters. The molecule has 0 aliphatic carbocycles. The van der Waals surface area contributed by atoms with Crippen LogP contribution in [0, 0.1) is 19.8 Å². The SMILES string of the molecule is Cc1cc(C)cc(N([C@H](C)C(=O)N2CCC(C(N)=O)CC2)S(C)(=O)=O)c1. The first-order valence-electron chi connectivity index (χ1n) is 8.66. The number of anilines is 1. The van der Waals surface area contributed by atoms with Gasteiger partial charge in [-0.3, -0.25) is 13.9 Å². The summed E-state index contributed by atoms with van der Waals surface area (Å²) in [7, 11) is -3.65.